The van der Waals surface area contributed by atoms with Crippen LogP contribution in [0.3, 0.4) is 0 Å². The zero-order chi connectivity index (χ0) is 38.4. The number of rotatable bonds is 42. The normalized spacial score (nSPS) is 13.7. The number of carbonyl (C=O) groups excluding carboxylic acids is 1. The second-order valence-electron chi connectivity index (χ2n) is 16.4. The summed E-state index contributed by atoms with van der Waals surface area (Å²) >= 11 is 0. The molecule has 0 rings (SSSR count). The van der Waals surface area contributed by atoms with Crippen molar-refractivity contribution in [3.05, 3.63) is 0 Å². The topological polar surface area (TPSA) is 94.1 Å². The maximum Gasteiger partial charge on any atom is 0.306 e. The highest BCUT2D eigenvalue weighted by molar-refractivity contribution is 7.45. The standard InChI is InChI=1S/C43H88NO7P/c1-6-8-10-12-14-16-17-18-19-20-21-22-23-24-25-26-27-28-29-31-33-35-38-48-40-42(41-50-52(46,47)49-39-37-44(3,4)5)51-43(45)36-34-32-30-15-13-11-9-7-2/h42H,6-41H2,1-5H3. The minimum absolute atomic E-state index is 0.0309. The first kappa shape index (κ1) is 51.5. The Morgan fingerprint density at radius 2 is 0.885 bits per heavy atom. The highest BCUT2D eigenvalue weighted by atomic mass is 31.2. The van der Waals surface area contributed by atoms with Gasteiger partial charge in [-0.2, -0.15) is 0 Å². The molecule has 0 heterocycles. The molecule has 0 saturated carbocycles. The van der Waals surface area contributed by atoms with Crippen molar-refractivity contribution in [1.82, 2.24) is 0 Å². The smallest absolute Gasteiger partial charge is 0.306 e. The predicted octanol–water partition coefficient (Wildman–Crippen LogP) is 12.3. The van der Waals surface area contributed by atoms with Gasteiger partial charge in [0.15, 0.2) is 0 Å². The van der Waals surface area contributed by atoms with Crippen LogP contribution in [-0.4, -0.2) is 70.7 Å². The molecule has 8 nitrogen and oxygen atoms in total. The highest BCUT2D eigenvalue weighted by Crippen LogP contribution is 2.38. The zero-order valence-corrected chi connectivity index (χ0v) is 36.2. The van der Waals surface area contributed by atoms with Gasteiger partial charge in [0.2, 0.25) is 0 Å². The molecule has 0 bridgehead atoms. The summed E-state index contributed by atoms with van der Waals surface area (Å²) in [7, 11) is 1.37. The van der Waals surface area contributed by atoms with Gasteiger partial charge in [0.25, 0.3) is 7.82 Å². The number of unbranched alkanes of at least 4 members (excludes halogenated alkanes) is 28. The molecule has 0 spiro atoms. The van der Waals surface area contributed by atoms with E-state index in [0.29, 0.717) is 24.1 Å². The van der Waals surface area contributed by atoms with Crippen LogP contribution in [0, 0.1) is 0 Å². The third-order valence-corrected chi connectivity index (χ3v) is 10.9. The Labute approximate surface area is 323 Å². The van der Waals surface area contributed by atoms with E-state index in [-0.39, 0.29) is 25.8 Å². The van der Waals surface area contributed by atoms with Crippen LogP contribution in [-0.2, 0) is 27.9 Å². The van der Waals surface area contributed by atoms with Gasteiger partial charge < -0.3 is 27.9 Å². The number of hydrogen-bond donors (Lipinski definition) is 0. The first-order valence-corrected chi connectivity index (χ1v) is 23.7. The summed E-state index contributed by atoms with van der Waals surface area (Å²) in [6.45, 7) is 5.43. The minimum atomic E-state index is -4.51. The fourth-order valence-corrected chi connectivity index (χ4v) is 7.16. The molecule has 2 unspecified atom stereocenters. The first-order valence-electron chi connectivity index (χ1n) is 22.3. The van der Waals surface area contributed by atoms with Crippen molar-refractivity contribution >= 4 is 13.8 Å². The molecule has 0 aromatic rings. The molecule has 0 N–H and O–H groups in total. The maximum absolute atomic E-state index is 12.6. The van der Waals surface area contributed by atoms with E-state index in [1.165, 1.54) is 161 Å². The average Bonchev–Trinajstić information content (AvgIpc) is 3.09. The van der Waals surface area contributed by atoms with Gasteiger partial charge in [-0.15, -0.1) is 0 Å². The molecule has 52 heavy (non-hydrogen) atoms. The summed E-state index contributed by atoms with van der Waals surface area (Å²) in [6, 6.07) is 0. The number of likely N-dealkylation sites (N-methyl/N-ethyl adjacent to an activating group) is 1. The van der Waals surface area contributed by atoms with Gasteiger partial charge in [-0.05, 0) is 12.8 Å². The molecule has 0 aliphatic rings. The largest absolute Gasteiger partial charge is 0.756 e. The lowest BCUT2D eigenvalue weighted by Crippen LogP contribution is -2.37. The average molecular weight is 762 g/mol. The van der Waals surface area contributed by atoms with Gasteiger partial charge >= 0.3 is 5.97 Å². The molecule has 0 aromatic heterocycles. The van der Waals surface area contributed by atoms with Crippen LogP contribution in [0.1, 0.15) is 213 Å². The van der Waals surface area contributed by atoms with Crippen molar-refractivity contribution in [3.8, 4) is 0 Å². The van der Waals surface area contributed by atoms with E-state index < -0.39 is 13.9 Å². The number of carbonyl (C=O) groups is 1. The van der Waals surface area contributed by atoms with Gasteiger partial charge in [-0.25, -0.2) is 0 Å². The molecule has 0 radical (unpaired) electrons. The van der Waals surface area contributed by atoms with E-state index in [0.717, 1.165) is 32.1 Å². The van der Waals surface area contributed by atoms with E-state index in [1.54, 1.807) is 0 Å². The number of quaternary nitrogens is 1. The maximum atomic E-state index is 12.6. The summed E-state index contributed by atoms with van der Waals surface area (Å²) in [5.41, 5.74) is 0. The molecule has 9 heteroatoms. The molecular weight excluding hydrogens is 673 g/mol. The Bertz CT molecular complexity index is 807. The van der Waals surface area contributed by atoms with Gasteiger partial charge in [-0.3, -0.25) is 9.36 Å². The number of phosphoric ester groups is 1. The molecule has 312 valence electrons. The van der Waals surface area contributed by atoms with Crippen molar-refractivity contribution in [1.29, 1.82) is 0 Å². The van der Waals surface area contributed by atoms with Crippen molar-refractivity contribution in [3.63, 3.8) is 0 Å². The highest BCUT2D eigenvalue weighted by Gasteiger charge is 2.20. The molecule has 0 saturated heterocycles. The van der Waals surface area contributed by atoms with Gasteiger partial charge in [0.05, 0.1) is 34.4 Å². The second-order valence-corrected chi connectivity index (χ2v) is 17.8. The van der Waals surface area contributed by atoms with Crippen LogP contribution in [0.5, 0.6) is 0 Å². The van der Waals surface area contributed by atoms with Crippen LogP contribution in [0.4, 0.5) is 0 Å². The van der Waals surface area contributed by atoms with E-state index in [2.05, 4.69) is 13.8 Å². The molecule has 0 amide bonds. The van der Waals surface area contributed by atoms with Gasteiger partial charge in [-0.1, -0.05) is 194 Å². The lowest BCUT2D eigenvalue weighted by atomic mass is 10.0. The predicted molar refractivity (Wildman–Crippen MR) is 218 cm³/mol. The second kappa shape index (κ2) is 37.4. The molecule has 2 atom stereocenters. The quantitative estimate of drug-likeness (QED) is 0.0264. The minimum Gasteiger partial charge on any atom is -0.756 e. The number of phosphoric acid groups is 1. The molecule has 0 fully saturated rings. The monoisotopic (exact) mass is 762 g/mol. The summed E-state index contributed by atoms with van der Waals surface area (Å²) in [4.78, 5) is 24.9. The first-order chi connectivity index (χ1) is 25.1. The Hall–Kier alpha value is -0.500. The van der Waals surface area contributed by atoms with Gasteiger partial charge in [0.1, 0.15) is 19.3 Å². The fraction of sp³-hybridized carbons (Fsp3) is 0.977. The van der Waals surface area contributed by atoms with Gasteiger partial charge in [0, 0.05) is 13.0 Å². The van der Waals surface area contributed by atoms with E-state index in [1.807, 2.05) is 21.1 Å². The van der Waals surface area contributed by atoms with Crippen molar-refractivity contribution < 1.29 is 37.3 Å². The summed E-state index contributed by atoms with van der Waals surface area (Å²) in [5.74, 6) is -0.334. The van der Waals surface area contributed by atoms with E-state index in [9.17, 15) is 14.3 Å². The summed E-state index contributed by atoms with van der Waals surface area (Å²) < 4.78 is 34.5. The lowest BCUT2D eigenvalue weighted by Gasteiger charge is -2.28. The number of ether oxygens (including phenoxy) is 2. The molecule has 0 aromatic carbocycles. The fourth-order valence-electron chi connectivity index (χ4n) is 6.43. The Balaban J connectivity index is 3.99. The van der Waals surface area contributed by atoms with Crippen LogP contribution >= 0.6 is 7.82 Å². The number of esters is 1. The van der Waals surface area contributed by atoms with Crippen LogP contribution in [0.15, 0.2) is 0 Å². The summed E-state index contributed by atoms with van der Waals surface area (Å²) in [6.07, 6.45) is 38.5. The Kier molecular flexibility index (Phi) is 37.1. The number of nitrogens with zero attached hydrogens (tertiary/aromatic N) is 1. The Morgan fingerprint density at radius 1 is 0.519 bits per heavy atom. The molecule has 0 aliphatic carbocycles. The third kappa shape index (κ3) is 40.7. The van der Waals surface area contributed by atoms with E-state index in [4.69, 9.17) is 18.5 Å². The molecular formula is C43H88NO7P. The van der Waals surface area contributed by atoms with Crippen LogP contribution in [0.25, 0.3) is 0 Å². The Morgan fingerprint density at radius 3 is 1.27 bits per heavy atom. The zero-order valence-electron chi connectivity index (χ0n) is 35.3. The van der Waals surface area contributed by atoms with Crippen LogP contribution < -0.4 is 4.89 Å². The van der Waals surface area contributed by atoms with E-state index >= 15 is 0 Å². The summed E-state index contributed by atoms with van der Waals surface area (Å²) in [5, 5.41) is 0. The van der Waals surface area contributed by atoms with Crippen molar-refractivity contribution in [2.75, 3.05) is 54.1 Å². The van der Waals surface area contributed by atoms with Crippen molar-refractivity contribution in [2.24, 2.45) is 0 Å². The molecule has 0 aliphatic heterocycles. The third-order valence-electron chi connectivity index (χ3n) is 9.91. The lowest BCUT2D eigenvalue weighted by molar-refractivity contribution is -0.870. The van der Waals surface area contributed by atoms with Crippen LogP contribution in [0.2, 0.25) is 0 Å². The van der Waals surface area contributed by atoms with Crippen molar-refractivity contribution in [2.45, 2.75) is 219 Å². The SMILES string of the molecule is CCCCCCCCCCCCCCCCCCCCCCCCOCC(COP(=O)([O-])OCC[N+](C)(C)C)OC(=O)CCCCCCCCCC. The number of hydrogen-bond acceptors (Lipinski definition) is 7.